The molecule has 0 aromatic heterocycles. The predicted octanol–water partition coefficient (Wildman–Crippen LogP) is 1.96. The average molecular weight is 220 g/mol. The highest BCUT2D eigenvalue weighted by molar-refractivity contribution is 4.87. The Labute approximate surface area is 91.0 Å². The molecule has 0 aliphatic carbocycles. The van der Waals surface area contributed by atoms with Crippen LogP contribution in [-0.4, -0.2) is 43.0 Å². The highest BCUT2D eigenvalue weighted by atomic mass is 19.3. The summed E-state index contributed by atoms with van der Waals surface area (Å²) in [5, 5.41) is 3.42. The zero-order valence-corrected chi connectivity index (χ0v) is 9.84. The first-order valence-corrected chi connectivity index (χ1v) is 5.80. The van der Waals surface area contributed by atoms with Crippen LogP contribution in [0.3, 0.4) is 0 Å². The van der Waals surface area contributed by atoms with Crippen LogP contribution in [0.5, 0.6) is 0 Å². The molecular weight excluding hydrogens is 198 g/mol. The lowest BCUT2D eigenvalue weighted by molar-refractivity contribution is 0.0281. The van der Waals surface area contributed by atoms with Crippen molar-refractivity contribution in [1.29, 1.82) is 0 Å². The molecule has 1 heterocycles. The number of piperazine rings is 1. The quantitative estimate of drug-likeness (QED) is 0.779. The minimum Gasteiger partial charge on any atom is -0.311 e. The van der Waals surface area contributed by atoms with E-state index in [0.29, 0.717) is 12.0 Å². The number of halogens is 2. The highest BCUT2D eigenvalue weighted by Gasteiger charge is 2.30. The third-order valence-electron chi connectivity index (χ3n) is 3.17. The van der Waals surface area contributed by atoms with Gasteiger partial charge in [-0.15, -0.1) is 0 Å². The molecule has 0 aromatic rings. The molecule has 1 saturated heterocycles. The van der Waals surface area contributed by atoms with Crippen LogP contribution < -0.4 is 5.32 Å². The number of alkyl halides is 2. The maximum atomic E-state index is 12.4. The van der Waals surface area contributed by atoms with E-state index in [1.807, 2.05) is 4.90 Å². The van der Waals surface area contributed by atoms with Crippen LogP contribution in [0.15, 0.2) is 0 Å². The molecule has 2 nitrogen and oxygen atoms in total. The summed E-state index contributed by atoms with van der Waals surface area (Å²) in [6.45, 7) is 7.79. The third kappa shape index (κ3) is 3.68. The SMILES string of the molecule is CCC1CN(CC(F)F)C(C(C)C)CN1. The normalized spacial score (nSPS) is 29.0. The van der Waals surface area contributed by atoms with E-state index in [1.165, 1.54) is 0 Å². The smallest absolute Gasteiger partial charge is 0.251 e. The molecular formula is C11H22F2N2. The number of rotatable bonds is 4. The standard InChI is InChI=1S/C11H22F2N2/c1-4-9-6-15(7-11(12)13)10(5-14-9)8(2)3/h8-11,14H,4-7H2,1-3H3. The van der Waals surface area contributed by atoms with E-state index in [-0.39, 0.29) is 12.6 Å². The Morgan fingerprint density at radius 2 is 2.07 bits per heavy atom. The lowest BCUT2D eigenvalue weighted by Crippen LogP contribution is -2.58. The molecule has 0 radical (unpaired) electrons. The summed E-state index contributed by atoms with van der Waals surface area (Å²) in [5.41, 5.74) is 0. The first kappa shape index (κ1) is 12.8. The van der Waals surface area contributed by atoms with E-state index in [1.54, 1.807) is 0 Å². The molecule has 1 aliphatic rings. The molecule has 15 heavy (non-hydrogen) atoms. The van der Waals surface area contributed by atoms with Crippen LogP contribution >= 0.6 is 0 Å². The van der Waals surface area contributed by atoms with Gasteiger partial charge in [-0.3, -0.25) is 4.90 Å². The molecule has 1 aliphatic heterocycles. The van der Waals surface area contributed by atoms with Crippen molar-refractivity contribution in [3.8, 4) is 0 Å². The van der Waals surface area contributed by atoms with E-state index in [0.717, 1.165) is 19.5 Å². The summed E-state index contributed by atoms with van der Waals surface area (Å²) in [5.74, 6) is 0.425. The molecule has 0 bridgehead atoms. The van der Waals surface area contributed by atoms with Gasteiger partial charge in [0.05, 0.1) is 6.54 Å². The summed E-state index contributed by atoms with van der Waals surface area (Å²) in [4.78, 5) is 1.94. The van der Waals surface area contributed by atoms with Gasteiger partial charge >= 0.3 is 0 Å². The largest absolute Gasteiger partial charge is 0.311 e. The Bertz CT molecular complexity index is 185. The third-order valence-corrected chi connectivity index (χ3v) is 3.17. The first-order chi connectivity index (χ1) is 7.04. The van der Waals surface area contributed by atoms with E-state index in [2.05, 4.69) is 26.1 Å². The van der Waals surface area contributed by atoms with E-state index < -0.39 is 6.43 Å². The fourth-order valence-electron chi connectivity index (χ4n) is 2.22. The van der Waals surface area contributed by atoms with Gasteiger partial charge < -0.3 is 5.32 Å². The Morgan fingerprint density at radius 1 is 1.40 bits per heavy atom. The van der Waals surface area contributed by atoms with E-state index in [9.17, 15) is 8.78 Å². The number of nitrogens with one attached hydrogen (secondary N) is 1. The zero-order chi connectivity index (χ0) is 11.4. The lowest BCUT2D eigenvalue weighted by Gasteiger charge is -2.42. The van der Waals surface area contributed by atoms with Crippen molar-refractivity contribution in [2.24, 2.45) is 5.92 Å². The average Bonchev–Trinajstić information content (AvgIpc) is 2.16. The summed E-state index contributed by atoms with van der Waals surface area (Å²) in [6, 6.07) is 0.626. The minimum absolute atomic E-state index is 0.0823. The van der Waals surface area contributed by atoms with Crippen molar-refractivity contribution in [2.45, 2.75) is 45.7 Å². The molecule has 0 saturated carbocycles. The summed E-state index contributed by atoms with van der Waals surface area (Å²) in [7, 11) is 0. The number of hydrogen-bond acceptors (Lipinski definition) is 2. The van der Waals surface area contributed by atoms with Gasteiger partial charge in [0.15, 0.2) is 0 Å². The lowest BCUT2D eigenvalue weighted by atomic mass is 9.98. The van der Waals surface area contributed by atoms with Crippen molar-refractivity contribution in [2.75, 3.05) is 19.6 Å². The molecule has 0 aromatic carbocycles. The molecule has 90 valence electrons. The van der Waals surface area contributed by atoms with Gasteiger partial charge in [0, 0.05) is 25.2 Å². The molecule has 1 rings (SSSR count). The highest BCUT2D eigenvalue weighted by Crippen LogP contribution is 2.17. The van der Waals surface area contributed by atoms with Crippen LogP contribution in [0.25, 0.3) is 0 Å². The van der Waals surface area contributed by atoms with Crippen LogP contribution in [0, 0.1) is 5.92 Å². The molecule has 2 atom stereocenters. The molecule has 0 amide bonds. The Hall–Kier alpha value is -0.220. The topological polar surface area (TPSA) is 15.3 Å². The van der Waals surface area contributed by atoms with Crippen molar-refractivity contribution >= 4 is 0 Å². The van der Waals surface area contributed by atoms with Crippen LogP contribution in [0.4, 0.5) is 8.78 Å². The summed E-state index contributed by atoms with van der Waals surface area (Å²) < 4.78 is 24.9. The van der Waals surface area contributed by atoms with Gasteiger partial charge in [0.25, 0.3) is 6.43 Å². The van der Waals surface area contributed by atoms with Gasteiger partial charge in [0.1, 0.15) is 0 Å². The minimum atomic E-state index is -2.22. The predicted molar refractivity (Wildman–Crippen MR) is 58.3 cm³/mol. The molecule has 4 heteroatoms. The first-order valence-electron chi connectivity index (χ1n) is 5.80. The fourth-order valence-corrected chi connectivity index (χ4v) is 2.22. The van der Waals surface area contributed by atoms with Gasteiger partial charge in [-0.2, -0.15) is 0 Å². The van der Waals surface area contributed by atoms with Crippen LogP contribution in [-0.2, 0) is 0 Å². The number of hydrogen-bond donors (Lipinski definition) is 1. The van der Waals surface area contributed by atoms with Gasteiger partial charge in [-0.25, -0.2) is 8.78 Å². The van der Waals surface area contributed by atoms with Crippen LogP contribution in [0.1, 0.15) is 27.2 Å². The molecule has 0 spiro atoms. The molecule has 1 N–H and O–H groups in total. The second kappa shape index (κ2) is 5.75. The van der Waals surface area contributed by atoms with E-state index in [4.69, 9.17) is 0 Å². The van der Waals surface area contributed by atoms with Gasteiger partial charge in [-0.05, 0) is 12.3 Å². The maximum Gasteiger partial charge on any atom is 0.251 e. The number of nitrogens with zero attached hydrogens (tertiary/aromatic N) is 1. The summed E-state index contributed by atoms with van der Waals surface area (Å²) in [6.07, 6.45) is -1.22. The Balaban J connectivity index is 2.56. The maximum absolute atomic E-state index is 12.4. The summed E-state index contributed by atoms with van der Waals surface area (Å²) >= 11 is 0. The van der Waals surface area contributed by atoms with Crippen molar-refractivity contribution in [1.82, 2.24) is 10.2 Å². The van der Waals surface area contributed by atoms with Gasteiger partial charge in [-0.1, -0.05) is 20.8 Å². The van der Waals surface area contributed by atoms with Crippen LogP contribution in [0.2, 0.25) is 0 Å². The monoisotopic (exact) mass is 220 g/mol. The fraction of sp³-hybridized carbons (Fsp3) is 1.00. The molecule has 1 fully saturated rings. The Kier molecular flexibility index (Phi) is 4.93. The second-order valence-corrected chi connectivity index (χ2v) is 4.67. The van der Waals surface area contributed by atoms with Crippen molar-refractivity contribution < 1.29 is 8.78 Å². The van der Waals surface area contributed by atoms with Crippen molar-refractivity contribution in [3.63, 3.8) is 0 Å². The second-order valence-electron chi connectivity index (χ2n) is 4.67. The molecule has 2 unspecified atom stereocenters. The van der Waals surface area contributed by atoms with E-state index >= 15 is 0 Å². The van der Waals surface area contributed by atoms with Gasteiger partial charge in [0.2, 0.25) is 0 Å². The zero-order valence-electron chi connectivity index (χ0n) is 9.84. The Morgan fingerprint density at radius 3 is 2.53 bits per heavy atom. The van der Waals surface area contributed by atoms with Crippen molar-refractivity contribution in [3.05, 3.63) is 0 Å².